The van der Waals surface area contributed by atoms with Crippen LogP contribution in [-0.2, 0) is 17.8 Å². The van der Waals surface area contributed by atoms with E-state index in [1.807, 2.05) is 45.0 Å². The molecular weight excluding hydrogens is 364 g/mol. The molecule has 0 spiro atoms. The number of hydrogen-bond acceptors (Lipinski definition) is 3. The molecule has 2 N–H and O–H groups in total. The highest BCUT2D eigenvalue weighted by Gasteiger charge is 2.26. The van der Waals surface area contributed by atoms with Gasteiger partial charge in [-0.2, -0.15) is 0 Å². The molecule has 142 valence electrons. The number of amides is 3. The summed E-state index contributed by atoms with van der Waals surface area (Å²) < 4.78 is 0. The Labute approximate surface area is 163 Å². The number of nitrogens with one attached hydrogen (secondary N) is 2. The molecule has 7 heteroatoms. The average molecular weight is 387 g/mol. The minimum atomic E-state index is -0.335. The molecule has 0 atom stereocenters. The van der Waals surface area contributed by atoms with Gasteiger partial charge in [-0.1, -0.05) is 23.7 Å². The number of rotatable bonds is 3. The number of aromatic nitrogens is 1. The van der Waals surface area contributed by atoms with E-state index in [2.05, 4.69) is 15.6 Å². The fraction of sp³-hybridized carbons (Fsp3) is 0.350. The lowest BCUT2D eigenvalue weighted by Gasteiger charge is -2.29. The Hall–Kier alpha value is -2.60. The Morgan fingerprint density at radius 1 is 1.22 bits per heavy atom. The van der Waals surface area contributed by atoms with Crippen LogP contribution in [-0.4, -0.2) is 22.5 Å². The molecule has 0 radical (unpaired) electrons. The van der Waals surface area contributed by atoms with Crippen molar-refractivity contribution in [1.82, 2.24) is 10.3 Å². The fourth-order valence-corrected chi connectivity index (χ4v) is 3.18. The number of carbonyl (C=O) groups is 2. The van der Waals surface area contributed by atoms with Gasteiger partial charge >= 0.3 is 6.03 Å². The van der Waals surface area contributed by atoms with Crippen LogP contribution in [0.2, 0.25) is 5.02 Å². The smallest absolute Gasteiger partial charge is 0.320 e. The number of pyridine rings is 1. The molecule has 0 saturated heterocycles. The molecule has 6 nitrogen and oxygen atoms in total. The molecule has 0 fully saturated rings. The van der Waals surface area contributed by atoms with E-state index in [1.165, 1.54) is 0 Å². The van der Waals surface area contributed by atoms with Crippen LogP contribution < -0.4 is 15.5 Å². The summed E-state index contributed by atoms with van der Waals surface area (Å²) in [5.74, 6) is 0.517. The number of urea groups is 1. The summed E-state index contributed by atoms with van der Waals surface area (Å²) in [6, 6.07) is 10.7. The van der Waals surface area contributed by atoms with Crippen LogP contribution in [0.25, 0.3) is 0 Å². The van der Waals surface area contributed by atoms with Gasteiger partial charge in [0.1, 0.15) is 5.82 Å². The molecular formula is C20H23ClN4O2. The standard InChI is InChI=1S/C20H23ClN4O2/c1-20(2,3)24-19(27)23-17-9-8-16-15(22-17)7-10-18(26)25(16)12-13-5-4-6-14(21)11-13/h4-6,8-9,11H,7,10,12H2,1-3H3,(H2,22,23,24,27). The maximum atomic E-state index is 12.5. The molecule has 2 aromatic rings. The summed E-state index contributed by atoms with van der Waals surface area (Å²) >= 11 is 6.05. The highest BCUT2D eigenvalue weighted by molar-refractivity contribution is 6.30. The minimum Gasteiger partial charge on any atom is -0.333 e. The van der Waals surface area contributed by atoms with Crippen LogP contribution >= 0.6 is 11.6 Å². The van der Waals surface area contributed by atoms with Crippen molar-refractivity contribution in [1.29, 1.82) is 0 Å². The first kappa shape index (κ1) is 19.2. The molecule has 0 unspecified atom stereocenters. The number of fused-ring (bicyclic) bond motifs is 1. The van der Waals surface area contributed by atoms with E-state index in [-0.39, 0.29) is 17.5 Å². The van der Waals surface area contributed by atoms with Crippen LogP contribution in [0.1, 0.15) is 38.4 Å². The maximum Gasteiger partial charge on any atom is 0.320 e. The topological polar surface area (TPSA) is 74.3 Å². The third kappa shape index (κ3) is 4.98. The average Bonchev–Trinajstić information content (AvgIpc) is 2.56. The molecule has 1 aliphatic heterocycles. The summed E-state index contributed by atoms with van der Waals surface area (Å²) in [6.45, 7) is 6.16. The number of aryl methyl sites for hydroxylation is 1. The Morgan fingerprint density at radius 3 is 2.70 bits per heavy atom. The van der Waals surface area contributed by atoms with Crippen molar-refractivity contribution in [3.63, 3.8) is 0 Å². The van der Waals surface area contributed by atoms with Crippen molar-refractivity contribution in [2.75, 3.05) is 10.2 Å². The number of anilines is 2. The quantitative estimate of drug-likeness (QED) is 0.832. The zero-order valence-corrected chi connectivity index (χ0v) is 16.4. The van der Waals surface area contributed by atoms with E-state index in [9.17, 15) is 9.59 Å². The number of carbonyl (C=O) groups excluding carboxylic acids is 2. The second-order valence-corrected chi connectivity index (χ2v) is 8.04. The van der Waals surface area contributed by atoms with Gasteiger partial charge in [-0.05, 0) is 50.6 Å². The maximum absolute atomic E-state index is 12.5. The van der Waals surface area contributed by atoms with Crippen LogP contribution in [0.15, 0.2) is 36.4 Å². The molecule has 0 aliphatic carbocycles. The second kappa shape index (κ2) is 7.56. The minimum absolute atomic E-state index is 0.0514. The summed E-state index contributed by atoms with van der Waals surface area (Å²) in [5.41, 5.74) is 2.19. The van der Waals surface area contributed by atoms with Crippen molar-refractivity contribution in [3.05, 3.63) is 52.7 Å². The van der Waals surface area contributed by atoms with Crippen molar-refractivity contribution in [3.8, 4) is 0 Å². The molecule has 3 amide bonds. The number of halogens is 1. The normalized spacial score (nSPS) is 13.9. The molecule has 0 saturated carbocycles. The fourth-order valence-electron chi connectivity index (χ4n) is 2.97. The van der Waals surface area contributed by atoms with E-state index in [0.29, 0.717) is 30.2 Å². The monoisotopic (exact) mass is 386 g/mol. The van der Waals surface area contributed by atoms with Gasteiger partial charge in [-0.3, -0.25) is 10.1 Å². The van der Waals surface area contributed by atoms with Crippen LogP contribution in [0.3, 0.4) is 0 Å². The van der Waals surface area contributed by atoms with Gasteiger partial charge in [0.25, 0.3) is 0 Å². The van der Waals surface area contributed by atoms with Crippen molar-refractivity contribution in [2.24, 2.45) is 0 Å². The Kier molecular flexibility index (Phi) is 5.37. The Balaban J connectivity index is 1.79. The zero-order valence-electron chi connectivity index (χ0n) is 15.7. The zero-order chi connectivity index (χ0) is 19.6. The van der Waals surface area contributed by atoms with Gasteiger partial charge in [0, 0.05) is 23.4 Å². The third-order valence-electron chi connectivity index (χ3n) is 4.08. The Morgan fingerprint density at radius 2 is 2.00 bits per heavy atom. The highest BCUT2D eigenvalue weighted by Crippen LogP contribution is 2.29. The SMILES string of the molecule is CC(C)(C)NC(=O)Nc1ccc2c(n1)CCC(=O)N2Cc1cccc(Cl)c1. The van der Waals surface area contributed by atoms with Crippen molar-refractivity contribution in [2.45, 2.75) is 45.7 Å². The largest absolute Gasteiger partial charge is 0.333 e. The number of benzene rings is 1. The van der Waals surface area contributed by atoms with Gasteiger partial charge < -0.3 is 10.2 Å². The Bertz CT molecular complexity index is 877. The summed E-state index contributed by atoms with van der Waals surface area (Å²) in [6.07, 6.45) is 0.939. The molecule has 27 heavy (non-hydrogen) atoms. The van der Waals surface area contributed by atoms with Crippen LogP contribution in [0, 0.1) is 0 Å². The lowest BCUT2D eigenvalue weighted by Crippen LogP contribution is -2.43. The third-order valence-corrected chi connectivity index (χ3v) is 4.31. The summed E-state index contributed by atoms with van der Waals surface area (Å²) in [7, 11) is 0. The van der Waals surface area contributed by atoms with Crippen molar-refractivity contribution >= 4 is 35.0 Å². The van der Waals surface area contributed by atoms with Crippen LogP contribution in [0.4, 0.5) is 16.3 Å². The van der Waals surface area contributed by atoms with E-state index >= 15 is 0 Å². The van der Waals surface area contributed by atoms with Gasteiger partial charge in [0.15, 0.2) is 0 Å². The lowest BCUT2D eigenvalue weighted by atomic mass is 10.1. The highest BCUT2D eigenvalue weighted by atomic mass is 35.5. The summed E-state index contributed by atoms with van der Waals surface area (Å²) in [5, 5.41) is 6.22. The first-order valence-corrected chi connectivity index (χ1v) is 9.23. The molecule has 1 aromatic carbocycles. The van der Waals surface area contributed by atoms with Gasteiger partial charge in [0.2, 0.25) is 5.91 Å². The van der Waals surface area contributed by atoms with E-state index in [4.69, 9.17) is 11.6 Å². The number of nitrogens with zero attached hydrogens (tertiary/aromatic N) is 2. The molecule has 2 heterocycles. The van der Waals surface area contributed by atoms with E-state index in [0.717, 1.165) is 16.9 Å². The lowest BCUT2D eigenvalue weighted by molar-refractivity contribution is -0.119. The van der Waals surface area contributed by atoms with E-state index < -0.39 is 0 Å². The predicted octanol–water partition coefficient (Wildman–Crippen LogP) is 4.13. The summed E-state index contributed by atoms with van der Waals surface area (Å²) in [4.78, 5) is 30.8. The van der Waals surface area contributed by atoms with Crippen molar-refractivity contribution < 1.29 is 9.59 Å². The molecule has 1 aromatic heterocycles. The number of hydrogen-bond donors (Lipinski definition) is 2. The first-order valence-electron chi connectivity index (χ1n) is 8.85. The van der Waals surface area contributed by atoms with Gasteiger partial charge in [-0.15, -0.1) is 0 Å². The van der Waals surface area contributed by atoms with Crippen LogP contribution in [0.5, 0.6) is 0 Å². The van der Waals surface area contributed by atoms with E-state index in [1.54, 1.807) is 17.0 Å². The second-order valence-electron chi connectivity index (χ2n) is 7.60. The van der Waals surface area contributed by atoms with Gasteiger partial charge in [-0.25, -0.2) is 9.78 Å². The van der Waals surface area contributed by atoms with Gasteiger partial charge in [0.05, 0.1) is 17.9 Å². The molecule has 3 rings (SSSR count). The molecule has 1 aliphatic rings. The first-order chi connectivity index (χ1) is 12.7. The predicted molar refractivity (Wildman–Crippen MR) is 107 cm³/mol. The molecule has 0 bridgehead atoms.